The fraction of sp³-hybridized carbons (Fsp3) is 0.909. The van der Waals surface area contributed by atoms with Crippen LogP contribution in [0.5, 0.6) is 0 Å². The van der Waals surface area contributed by atoms with Gasteiger partial charge in [-0.1, -0.05) is 34.6 Å². The molecule has 0 radical (unpaired) electrons. The van der Waals surface area contributed by atoms with Crippen LogP contribution < -0.4 is 10.6 Å². The number of carbonyl (C=O) groups excluding carboxylic acids is 2. The largest absolute Gasteiger partial charge is 0.368 e. The van der Waals surface area contributed by atoms with Crippen molar-refractivity contribution in [3.8, 4) is 0 Å². The highest BCUT2D eigenvalue weighted by atomic mass is 32.2. The molecule has 0 aliphatic carbocycles. The molecule has 0 saturated heterocycles. The molecule has 0 aromatic rings. The number of hydrogen-bond acceptors (Lipinski definition) is 5. The van der Waals surface area contributed by atoms with E-state index in [0.29, 0.717) is 19.4 Å². The first-order chi connectivity index (χ1) is 12.8. The van der Waals surface area contributed by atoms with Gasteiger partial charge in [0.25, 0.3) is 0 Å². The molecule has 0 rings (SSSR count). The molecule has 0 saturated carbocycles. The van der Waals surface area contributed by atoms with Crippen LogP contribution in [-0.2, 0) is 14.3 Å². The molecule has 0 aliphatic heterocycles. The zero-order chi connectivity index (χ0) is 23.3. The quantitative estimate of drug-likeness (QED) is 0.432. The summed E-state index contributed by atoms with van der Waals surface area (Å²) in [5.74, 6) is -0.0827. The average Bonchev–Trinajstić information content (AvgIpc) is 2.42. The maximum atomic E-state index is 12.9. The maximum Gasteiger partial charge on any atom is 0.233 e. The van der Waals surface area contributed by atoms with Gasteiger partial charge in [0, 0.05) is 21.2 Å². The van der Waals surface area contributed by atoms with E-state index in [-0.39, 0.29) is 21.8 Å². The second-order valence-electron chi connectivity index (χ2n) is 10.9. The summed E-state index contributed by atoms with van der Waals surface area (Å²) in [5, 5.41) is 15.2. The highest BCUT2D eigenvalue weighted by Crippen LogP contribution is 2.31. The van der Waals surface area contributed by atoms with Crippen molar-refractivity contribution in [1.82, 2.24) is 10.6 Å². The number of rotatable bonds is 11. The summed E-state index contributed by atoms with van der Waals surface area (Å²) in [6, 6.07) is 0. The molecule has 2 amide bonds. The summed E-state index contributed by atoms with van der Waals surface area (Å²) in [5.41, 5.74) is -1.65. The van der Waals surface area contributed by atoms with Crippen molar-refractivity contribution < 1.29 is 19.4 Å². The third-order valence-electron chi connectivity index (χ3n) is 4.40. The lowest BCUT2D eigenvalue weighted by Gasteiger charge is -2.38. The van der Waals surface area contributed by atoms with Gasteiger partial charge in [0.2, 0.25) is 11.8 Å². The number of carbonyl (C=O) groups is 2. The normalized spacial score (nSPS) is 15.6. The van der Waals surface area contributed by atoms with Gasteiger partial charge in [0.05, 0.1) is 11.9 Å². The van der Waals surface area contributed by atoms with Gasteiger partial charge in [-0.3, -0.25) is 9.59 Å². The molecule has 0 aromatic carbocycles. The van der Waals surface area contributed by atoms with E-state index in [1.807, 2.05) is 48.5 Å². The molecule has 172 valence electrons. The van der Waals surface area contributed by atoms with E-state index in [4.69, 9.17) is 4.74 Å². The third kappa shape index (κ3) is 12.5. The number of ether oxygens (including phenoxy) is 1. The first-order valence-corrected chi connectivity index (χ1v) is 11.3. The van der Waals surface area contributed by atoms with Crippen molar-refractivity contribution in [2.24, 2.45) is 5.41 Å². The molecule has 0 spiro atoms. The van der Waals surface area contributed by atoms with Crippen molar-refractivity contribution in [3.05, 3.63) is 0 Å². The minimum atomic E-state index is -0.818. The highest BCUT2D eigenvalue weighted by molar-refractivity contribution is 8.01. The maximum absolute atomic E-state index is 12.9. The molecule has 2 atom stereocenters. The number of amides is 2. The zero-order valence-electron chi connectivity index (χ0n) is 20.4. The summed E-state index contributed by atoms with van der Waals surface area (Å²) in [6.07, 6.45) is 0.271. The van der Waals surface area contributed by atoms with Crippen LogP contribution in [0.2, 0.25) is 0 Å². The van der Waals surface area contributed by atoms with E-state index in [2.05, 4.69) is 31.4 Å². The number of hydrogen-bond donors (Lipinski definition) is 3. The standard InChI is InChI=1S/C22H44N2O4S/c1-15(29-19(3,4)5)17(26)23-22(10,11)14-20(6,7)18(27)24-21(8,9)12-13-28-16(2)25/h15-16,25H,12-14H2,1-11H3,(H,23,26)(H,24,27). The van der Waals surface area contributed by atoms with Gasteiger partial charge in [0.1, 0.15) is 0 Å². The number of thioether (sulfide) groups is 1. The van der Waals surface area contributed by atoms with Crippen molar-refractivity contribution >= 4 is 23.6 Å². The smallest absolute Gasteiger partial charge is 0.233 e. The van der Waals surface area contributed by atoms with E-state index in [1.54, 1.807) is 18.7 Å². The van der Waals surface area contributed by atoms with Crippen LogP contribution in [0.4, 0.5) is 0 Å². The lowest BCUT2D eigenvalue weighted by molar-refractivity contribution is -0.134. The van der Waals surface area contributed by atoms with Crippen molar-refractivity contribution in [3.63, 3.8) is 0 Å². The summed E-state index contributed by atoms with van der Waals surface area (Å²) in [6.45, 7) is 21.7. The van der Waals surface area contributed by atoms with Crippen LogP contribution in [0.1, 0.15) is 89.0 Å². The Balaban J connectivity index is 4.90. The number of aliphatic hydroxyl groups is 1. The Morgan fingerprint density at radius 2 is 1.45 bits per heavy atom. The fourth-order valence-electron chi connectivity index (χ4n) is 3.27. The lowest BCUT2D eigenvalue weighted by Crippen LogP contribution is -2.54. The molecular formula is C22H44N2O4S. The zero-order valence-corrected chi connectivity index (χ0v) is 21.2. The Kier molecular flexibility index (Phi) is 10.2. The van der Waals surface area contributed by atoms with Crippen LogP contribution in [-0.4, -0.2) is 50.9 Å². The summed E-state index contributed by atoms with van der Waals surface area (Å²) in [4.78, 5) is 25.6. The summed E-state index contributed by atoms with van der Waals surface area (Å²) < 4.78 is 5.18. The minimum absolute atomic E-state index is 0.00315. The summed E-state index contributed by atoms with van der Waals surface area (Å²) >= 11 is 1.63. The lowest BCUT2D eigenvalue weighted by atomic mass is 9.78. The van der Waals surface area contributed by atoms with Gasteiger partial charge in [-0.05, 0) is 54.4 Å². The highest BCUT2D eigenvalue weighted by Gasteiger charge is 2.38. The molecule has 0 aliphatic rings. The molecular weight excluding hydrogens is 388 g/mol. The topological polar surface area (TPSA) is 87.7 Å². The van der Waals surface area contributed by atoms with Crippen LogP contribution in [0, 0.1) is 5.41 Å². The second kappa shape index (κ2) is 10.5. The Hall–Kier alpha value is -0.790. The van der Waals surface area contributed by atoms with Gasteiger partial charge < -0.3 is 20.5 Å². The molecule has 6 nitrogen and oxygen atoms in total. The number of aliphatic hydroxyl groups excluding tert-OH is 1. The minimum Gasteiger partial charge on any atom is -0.368 e. The SMILES string of the molecule is CC(O)OCCC(C)(C)NC(=O)C(C)(C)CC(C)(C)NC(=O)C(C)SC(C)(C)C. The predicted octanol–water partition coefficient (Wildman–Crippen LogP) is 3.86. The first kappa shape index (κ1) is 28.2. The molecule has 7 heteroatoms. The predicted molar refractivity (Wildman–Crippen MR) is 122 cm³/mol. The summed E-state index contributed by atoms with van der Waals surface area (Å²) in [7, 11) is 0. The average molecular weight is 433 g/mol. The van der Waals surface area contributed by atoms with Gasteiger partial charge in [-0.2, -0.15) is 0 Å². The Bertz CT molecular complexity index is 552. The third-order valence-corrected chi connectivity index (χ3v) is 5.67. The molecule has 0 heterocycles. The monoisotopic (exact) mass is 432 g/mol. The van der Waals surface area contributed by atoms with Gasteiger partial charge in [-0.25, -0.2) is 0 Å². The van der Waals surface area contributed by atoms with Gasteiger partial charge >= 0.3 is 0 Å². The van der Waals surface area contributed by atoms with Crippen molar-refractivity contribution in [2.75, 3.05) is 6.61 Å². The van der Waals surface area contributed by atoms with Crippen LogP contribution in [0.15, 0.2) is 0 Å². The molecule has 0 fully saturated rings. The molecule has 29 heavy (non-hydrogen) atoms. The fourth-order valence-corrected chi connectivity index (χ4v) is 4.50. The van der Waals surface area contributed by atoms with E-state index in [0.717, 1.165) is 0 Å². The van der Waals surface area contributed by atoms with Crippen LogP contribution >= 0.6 is 11.8 Å². The van der Waals surface area contributed by atoms with Crippen molar-refractivity contribution in [1.29, 1.82) is 0 Å². The van der Waals surface area contributed by atoms with Gasteiger partial charge in [-0.15, -0.1) is 11.8 Å². The van der Waals surface area contributed by atoms with Gasteiger partial charge in [0.15, 0.2) is 6.29 Å². The van der Waals surface area contributed by atoms with E-state index in [9.17, 15) is 14.7 Å². The van der Waals surface area contributed by atoms with Crippen LogP contribution in [0.3, 0.4) is 0 Å². The van der Waals surface area contributed by atoms with E-state index < -0.39 is 22.8 Å². The van der Waals surface area contributed by atoms with E-state index in [1.165, 1.54) is 0 Å². The number of nitrogens with one attached hydrogen (secondary N) is 2. The van der Waals surface area contributed by atoms with Crippen LogP contribution in [0.25, 0.3) is 0 Å². The molecule has 2 unspecified atom stereocenters. The van der Waals surface area contributed by atoms with E-state index >= 15 is 0 Å². The Labute approximate surface area is 182 Å². The first-order valence-electron chi connectivity index (χ1n) is 10.4. The molecule has 3 N–H and O–H groups in total. The molecule has 0 bridgehead atoms. The Morgan fingerprint density at radius 1 is 0.931 bits per heavy atom. The van der Waals surface area contributed by atoms with Crippen molar-refractivity contribution in [2.45, 2.75) is 116 Å². The Morgan fingerprint density at radius 3 is 1.90 bits per heavy atom. The molecule has 0 aromatic heterocycles. The second-order valence-corrected chi connectivity index (χ2v) is 13.0.